The number of likely N-dealkylation sites (tertiary alicyclic amines) is 1. The molecule has 2 amide bonds. The Kier molecular flexibility index (Phi) is 5.13. The van der Waals surface area contributed by atoms with Crippen molar-refractivity contribution in [3.8, 4) is 0 Å². The summed E-state index contributed by atoms with van der Waals surface area (Å²) in [7, 11) is 0. The number of nitrogens with one attached hydrogen (secondary N) is 2. The van der Waals surface area contributed by atoms with Gasteiger partial charge in [-0.3, -0.25) is 14.5 Å². The molecule has 2 N–H and O–H groups in total. The van der Waals surface area contributed by atoms with Crippen LogP contribution in [0.15, 0.2) is 24.3 Å². The smallest absolute Gasteiger partial charge is 0.238 e. The molecule has 0 bridgehead atoms. The maximum Gasteiger partial charge on any atom is 0.238 e. The molecule has 24 heavy (non-hydrogen) atoms. The molecule has 2 aliphatic heterocycles. The van der Waals surface area contributed by atoms with E-state index in [4.69, 9.17) is 9.47 Å². The Balaban J connectivity index is 1.45. The molecule has 0 saturated carbocycles. The number of hydrogen-bond donors (Lipinski definition) is 2. The summed E-state index contributed by atoms with van der Waals surface area (Å²) in [6, 6.07) is 7.07. The zero-order chi connectivity index (χ0) is 17.0. The van der Waals surface area contributed by atoms with Crippen molar-refractivity contribution in [2.24, 2.45) is 0 Å². The van der Waals surface area contributed by atoms with Gasteiger partial charge < -0.3 is 20.1 Å². The van der Waals surface area contributed by atoms with E-state index in [0.29, 0.717) is 31.1 Å². The third-order valence-electron chi connectivity index (χ3n) is 4.29. The van der Waals surface area contributed by atoms with Crippen LogP contribution in [0.25, 0.3) is 0 Å². The summed E-state index contributed by atoms with van der Waals surface area (Å²) in [6.45, 7) is 4.71. The number of anilines is 2. The number of rotatable bonds is 4. The third kappa shape index (κ3) is 4.31. The van der Waals surface area contributed by atoms with E-state index in [1.165, 1.54) is 6.92 Å². The second-order valence-corrected chi connectivity index (χ2v) is 6.19. The van der Waals surface area contributed by atoms with Crippen LogP contribution < -0.4 is 10.6 Å². The van der Waals surface area contributed by atoms with Crippen molar-refractivity contribution in [1.29, 1.82) is 0 Å². The normalized spacial score (nSPS) is 20.0. The first-order valence-corrected chi connectivity index (χ1v) is 8.22. The Labute approximate surface area is 141 Å². The van der Waals surface area contributed by atoms with E-state index in [1.54, 1.807) is 24.3 Å². The quantitative estimate of drug-likeness (QED) is 0.871. The lowest BCUT2D eigenvalue weighted by atomic mass is 10.0. The van der Waals surface area contributed by atoms with Gasteiger partial charge in [-0.1, -0.05) is 0 Å². The van der Waals surface area contributed by atoms with E-state index in [0.717, 1.165) is 25.9 Å². The highest BCUT2D eigenvalue weighted by molar-refractivity contribution is 5.93. The highest BCUT2D eigenvalue weighted by Gasteiger charge is 2.39. The molecule has 2 heterocycles. The number of hydrogen-bond acceptors (Lipinski definition) is 5. The summed E-state index contributed by atoms with van der Waals surface area (Å²) in [5.41, 5.74) is 1.42. The van der Waals surface area contributed by atoms with Crippen LogP contribution in [0, 0.1) is 0 Å². The number of nitrogens with zero attached hydrogens (tertiary/aromatic N) is 1. The fourth-order valence-corrected chi connectivity index (χ4v) is 3.08. The second kappa shape index (κ2) is 7.29. The number of carbonyl (C=O) groups is 2. The Morgan fingerprint density at radius 1 is 1.04 bits per heavy atom. The molecule has 1 aromatic carbocycles. The summed E-state index contributed by atoms with van der Waals surface area (Å²) in [4.78, 5) is 25.3. The highest BCUT2D eigenvalue weighted by atomic mass is 16.7. The largest absolute Gasteiger partial charge is 0.347 e. The van der Waals surface area contributed by atoms with Gasteiger partial charge in [0.1, 0.15) is 0 Å². The van der Waals surface area contributed by atoms with Crippen molar-refractivity contribution in [3.63, 3.8) is 0 Å². The van der Waals surface area contributed by atoms with Gasteiger partial charge in [0.25, 0.3) is 0 Å². The van der Waals surface area contributed by atoms with Gasteiger partial charge in [-0.2, -0.15) is 0 Å². The van der Waals surface area contributed by atoms with Crippen LogP contribution in [0.2, 0.25) is 0 Å². The molecule has 0 atom stereocenters. The lowest BCUT2D eigenvalue weighted by molar-refractivity contribution is -0.185. The number of carbonyl (C=O) groups excluding carboxylic acids is 2. The van der Waals surface area contributed by atoms with Crippen molar-refractivity contribution < 1.29 is 19.1 Å². The first kappa shape index (κ1) is 16.9. The molecule has 3 rings (SSSR count). The summed E-state index contributed by atoms with van der Waals surface area (Å²) in [5, 5.41) is 5.57. The minimum absolute atomic E-state index is 0.0496. The molecule has 0 aromatic heterocycles. The summed E-state index contributed by atoms with van der Waals surface area (Å²) in [5.74, 6) is -0.580. The number of benzene rings is 1. The Hall–Kier alpha value is -1.96. The van der Waals surface area contributed by atoms with Crippen LogP contribution in [0.3, 0.4) is 0 Å². The van der Waals surface area contributed by atoms with Crippen LogP contribution in [0.1, 0.15) is 19.8 Å². The third-order valence-corrected chi connectivity index (χ3v) is 4.29. The van der Waals surface area contributed by atoms with E-state index in [1.807, 2.05) is 0 Å². The van der Waals surface area contributed by atoms with Crippen LogP contribution in [0.4, 0.5) is 11.4 Å². The molecule has 2 saturated heterocycles. The van der Waals surface area contributed by atoms with E-state index < -0.39 is 5.79 Å². The van der Waals surface area contributed by atoms with Gasteiger partial charge in [0.2, 0.25) is 11.8 Å². The summed E-state index contributed by atoms with van der Waals surface area (Å²) >= 11 is 0. The predicted octanol–water partition coefficient (Wildman–Crippen LogP) is 1.42. The van der Waals surface area contributed by atoms with Gasteiger partial charge in [0.15, 0.2) is 5.79 Å². The topological polar surface area (TPSA) is 79.9 Å². The van der Waals surface area contributed by atoms with Crippen LogP contribution in [-0.2, 0) is 19.1 Å². The Morgan fingerprint density at radius 2 is 1.58 bits per heavy atom. The van der Waals surface area contributed by atoms with Crippen LogP contribution >= 0.6 is 0 Å². The molecular formula is C17H23N3O4. The van der Waals surface area contributed by atoms with Crippen molar-refractivity contribution in [2.45, 2.75) is 25.6 Å². The zero-order valence-corrected chi connectivity index (χ0v) is 13.8. The van der Waals surface area contributed by atoms with E-state index in [-0.39, 0.29) is 11.8 Å². The molecular weight excluding hydrogens is 310 g/mol. The molecule has 0 radical (unpaired) electrons. The average molecular weight is 333 g/mol. The first-order chi connectivity index (χ1) is 11.5. The highest BCUT2D eigenvalue weighted by Crippen LogP contribution is 2.31. The SMILES string of the molecule is CC(=O)Nc1ccc(NC(=O)CN2CCC3(CC2)OCCO3)cc1. The van der Waals surface area contributed by atoms with E-state index in [2.05, 4.69) is 15.5 Å². The molecule has 2 aliphatic rings. The molecule has 0 unspecified atom stereocenters. The molecule has 130 valence electrons. The van der Waals surface area contributed by atoms with E-state index >= 15 is 0 Å². The van der Waals surface area contributed by atoms with Crippen molar-refractivity contribution in [3.05, 3.63) is 24.3 Å². The fourth-order valence-electron chi connectivity index (χ4n) is 3.08. The maximum atomic E-state index is 12.2. The summed E-state index contributed by atoms with van der Waals surface area (Å²) in [6.07, 6.45) is 1.59. The molecule has 7 heteroatoms. The van der Waals surface area contributed by atoms with Crippen molar-refractivity contribution >= 4 is 23.2 Å². The van der Waals surface area contributed by atoms with Gasteiger partial charge in [-0.05, 0) is 24.3 Å². The van der Waals surface area contributed by atoms with Gasteiger partial charge in [-0.25, -0.2) is 0 Å². The zero-order valence-electron chi connectivity index (χ0n) is 13.8. The molecule has 1 aromatic rings. The van der Waals surface area contributed by atoms with Gasteiger partial charge >= 0.3 is 0 Å². The van der Waals surface area contributed by atoms with Gasteiger partial charge in [-0.15, -0.1) is 0 Å². The van der Waals surface area contributed by atoms with Crippen molar-refractivity contribution in [2.75, 3.05) is 43.5 Å². The maximum absolute atomic E-state index is 12.2. The van der Waals surface area contributed by atoms with Gasteiger partial charge in [0.05, 0.1) is 19.8 Å². The minimum atomic E-state index is -0.410. The van der Waals surface area contributed by atoms with Crippen LogP contribution in [0.5, 0.6) is 0 Å². The lowest BCUT2D eigenvalue weighted by Crippen LogP contribution is -2.47. The Morgan fingerprint density at radius 3 is 2.12 bits per heavy atom. The minimum Gasteiger partial charge on any atom is -0.347 e. The number of ether oxygens (including phenoxy) is 2. The number of amides is 2. The second-order valence-electron chi connectivity index (χ2n) is 6.19. The monoisotopic (exact) mass is 333 g/mol. The Bertz CT molecular complexity index is 586. The first-order valence-electron chi connectivity index (χ1n) is 8.22. The number of piperidine rings is 1. The van der Waals surface area contributed by atoms with Crippen molar-refractivity contribution in [1.82, 2.24) is 4.90 Å². The van der Waals surface area contributed by atoms with E-state index in [9.17, 15) is 9.59 Å². The van der Waals surface area contributed by atoms with Gasteiger partial charge in [0, 0.05) is 44.2 Å². The molecule has 1 spiro atoms. The lowest BCUT2D eigenvalue weighted by Gasteiger charge is -2.37. The molecule has 2 fully saturated rings. The predicted molar refractivity (Wildman–Crippen MR) is 89.7 cm³/mol. The molecule has 7 nitrogen and oxygen atoms in total. The standard InChI is InChI=1S/C17H23N3O4/c1-13(21)18-14-2-4-15(5-3-14)19-16(22)12-20-8-6-17(7-9-20)23-10-11-24-17/h2-5H,6-12H2,1H3,(H,18,21)(H,19,22). The average Bonchev–Trinajstić information content (AvgIpc) is 3.00. The fraction of sp³-hybridized carbons (Fsp3) is 0.529. The van der Waals surface area contributed by atoms with Crippen LogP contribution in [-0.4, -0.2) is 55.3 Å². The summed E-state index contributed by atoms with van der Waals surface area (Å²) < 4.78 is 11.4. The molecule has 0 aliphatic carbocycles.